The summed E-state index contributed by atoms with van der Waals surface area (Å²) >= 11 is 1.41. The number of hydrogen-bond acceptors (Lipinski definition) is 4. The molecule has 2 N–H and O–H groups in total. The molecular weight excluding hydrogens is 302 g/mol. The monoisotopic (exact) mass is 317 g/mol. The molecule has 0 aliphatic carbocycles. The second-order valence-electron chi connectivity index (χ2n) is 5.01. The molecule has 1 aliphatic rings. The molecule has 0 unspecified atom stereocenters. The van der Waals surface area contributed by atoms with Gasteiger partial charge in [0.2, 0.25) is 5.91 Å². The Kier molecular flexibility index (Phi) is 4.15. The number of nitrogens with one attached hydrogen (secondary N) is 1. The van der Waals surface area contributed by atoms with Gasteiger partial charge in [0.05, 0.1) is 30.0 Å². The number of hydrogen-bond donors (Lipinski definition) is 2. The van der Waals surface area contributed by atoms with E-state index >= 15 is 0 Å². The Bertz CT molecular complexity index is 686. The molecule has 1 amide bonds. The number of aromatic nitrogens is 2. The Morgan fingerprint density at radius 1 is 1.36 bits per heavy atom. The van der Waals surface area contributed by atoms with Crippen molar-refractivity contribution in [2.75, 3.05) is 5.75 Å². The molecule has 1 aliphatic heterocycles. The average Bonchev–Trinajstić information content (AvgIpc) is 2.99. The van der Waals surface area contributed by atoms with Crippen molar-refractivity contribution in [3.05, 3.63) is 48.0 Å². The minimum Gasteiger partial charge on any atom is -0.480 e. The molecule has 0 fully saturated rings. The van der Waals surface area contributed by atoms with Crippen molar-refractivity contribution in [3.63, 3.8) is 0 Å². The summed E-state index contributed by atoms with van der Waals surface area (Å²) in [6.07, 6.45) is 1.78. The molecule has 7 heteroatoms. The topological polar surface area (TPSA) is 86.3 Å². The minimum absolute atomic E-state index is 0.179. The van der Waals surface area contributed by atoms with Crippen LogP contribution in [0.1, 0.15) is 11.4 Å². The molecule has 0 radical (unpaired) electrons. The van der Waals surface area contributed by atoms with Gasteiger partial charge in [-0.3, -0.25) is 4.79 Å². The summed E-state index contributed by atoms with van der Waals surface area (Å²) in [5, 5.41) is 9.37. The molecule has 6 nitrogen and oxygen atoms in total. The molecule has 3 rings (SSSR count). The summed E-state index contributed by atoms with van der Waals surface area (Å²) in [6, 6.07) is 8.73. The van der Waals surface area contributed by atoms with Crippen molar-refractivity contribution in [3.8, 4) is 0 Å². The first kappa shape index (κ1) is 14.6. The van der Waals surface area contributed by atoms with Gasteiger partial charge < -0.3 is 15.0 Å². The summed E-state index contributed by atoms with van der Waals surface area (Å²) < 4.78 is 0. The molecule has 114 valence electrons. The van der Waals surface area contributed by atoms with Gasteiger partial charge in [-0.25, -0.2) is 9.78 Å². The maximum atomic E-state index is 12.4. The number of carbonyl (C=O) groups excluding carboxylic acids is 1. The number of amides is 1. The van der Waals surface area contributed by atoms with Gasteiger partial charge in [0, 0.05) is 11.3 Å². The number of rotatable bonds is 4. The van der Waals surface area contributed by atoms with E-state index in [0.29, 0.717) is 0 Å². The Morgan fingerprint density at radius 2 is 2.14 bits per heavy atom. The summed E-state index contributed by atoms with van der Waals surface area (Å²) in [5.74, 6) is -0.953. The van der Waals surface area contributed by atoms with Crippen LogP contribution in [0, 0.1) is 0 Å². The van der Waals surface area contributed by atoms with Gasteiger partial charge >= 0.3 is 5.97 Å². The molecule has 1 aromatic heterocycles. The van der Waals surface area contributed by atoms with Crippen molar-refractivity contribution in [2.24, 2.45) is 0 Å². The third-order valence-corrected chi connectivity index (χ3v) is 4.61. The summed E-state index contributed by atoms with van der Waals surface area (Å²) in [7, 11) is 0. The molecule has 2 heterocycles. The largest absolute Gasteiger partial charge is 0.480 e. The van der Waals surface area contributed by atoms with E-state index in [0.717, 1.165) is 16.3 Å². The molecule has 2 aromatic rings. The van der Waals surface area contributed by atoms with Crippen LogP contribution in [0.3, 0.4) is 0 Å². The van der Waals surface area contributed by atoms with Gasteiger partial charge in [-0.15, -0.1) is 11.8 Å². The molecule has 1 aromatic carbocycles. The highest BCUT2D eigenvalue weighted by Crippen LogP contribution is 2.23. The zero-order valence-electron chi connectivity index (χ0n) is 11.7. The zero-order chi connectivity index (χ0) is 15.5. The number of fused-ring (bicyclic) bond motifs is 1. The predicted molar refractivity (Wildman–Crippen MR) is 81.4 cm³/mol. The van der Waals surface area contributed by atoms with E-state index in [1.807, 2.05) is 30.3 Å². The molecule has 0 bridgehead atoms. The second-order valence-corrected chi connectivity index (χ2v) is 6.06. The van der Waals surface area contributed by atoms with Crippen molar-refractivity contribution < 1.29 is 14.7 Å². The lowest BCUT2D eigenvalue weighted by molar-refractivity contribution is -0.150. The van der Waals surface area contributed by atoms with E-state index in [4.69, 9.17) is 0 Å². The fraction of sp³-hybridized carbons (Fsp3) is 0.267. The highest BCUT2D eigenvalue weighted by molar-refractivity contribution is 8.00. The Hall–Kier alpha value is -2.28. The van der Waals surface area contributed by atoms with Crippen LogP contribution in [0.15, 0.2) is 41.6 Å². The number of H-pyrrole nitrogens is 1. The fourth-order valence-electron chi connectivity index (χ4n) is 2.46. The predicted octanol–water partition coefficient (Wildman–Crippen LogP) is 1.54. The molecule has 1 atom stereocenters. The maximum absolute atomic E-state index is 12.4. The van der Waals surface area contributed by atoms with Crippen molar-refractivity contribution in [1.29, 1.82) is 0 Å². The van der Waals surface area contributed by atoms with Gasteiger partial charge in [0.15, 0.2) is 0 Å². The smallest absolute Gasteiger partial charge is 0.326 e. The highest BCUT2D eigenvalue weighted by atomic mass is 32.2. The third-order valence-electron chi connectivity index (χ3n) is 3.61. The van der Waals surface area contributed by atoms with Crippen LogP contribution in [-0.2, 0) is 22.6 Å². The highest BCUT2D eigenvalue weighted by Gasteiger charge is 2.35. The minimum atomic E-state index is -0.994. The lowest BCUT2D eigenvalue weighted by Gasteiger charge is -2.32. The Labute approximate surface area is 131 Å². The first-order valence-corrected chi connectivity index (χ1v) is 7.85. The third kappa shape index (κ3) is 2.99. The van der Waals surface area contributed by atoms with Crippen molar-refractivity contribution in [2.45, 2.75) is 23.9 Å². The van der Waals surface area contributed by atoms with E-state index in [9.17, 15) is 14.7 Å². The summed E-state index contributed by atoms with van der Waals surface area (Å²) in [4.78, 5) is 33.4. The van der Waals surface area contributed by atoms with Gasteiger partial charge in [-0.1, -0.05) is 18.2 Å². The van der Waals surface area contributed by atoms with Gasteiger partial charge in [-0.05, 0) is 12.1 Å². The van der Waals surface area contributed by atoms with Crippen LogP contribution in [0.4, 0.5) is 0 Å². The molecule has 0 saturated carbocycles. The normalized spacial score (nSPS) is 17.1. The number of aliphatic carboxylic acids is 1. The van der Waals surface area contributed by atoms with E-state index in [-0.39, 0.29) is 24.6 Å². The summed E-state index contributed by atoms with van der Waals surface area (Å²) in [6.45, 7) is 0.264. The van der Waals surface area contributed by atoms with Gasteiger partial charge in [0.25, 0.3) is 0 Å². The number of imidazole rings is 1. The van der Waals surface area contributed by atoms with Crippen LogP contribution < -0.4 is 0 Å². The number of carboxylic acid groups (broad SMARTS) is 1. The average molecular weight is 317 g/mol. The van der Waals surface area contributed by atoms with Crippen LogP contribution in [0.5, 0.6) is 0 Å². The van der Waals surface area contributed by atoms with Crippen molar-refractivity contribution >= 4 is 23.6 Å². The number of benzene rings is 1. The molecule has 0 spiro atoms. The summed E-state index contributed by atoms with van der Waals surface area (Å²) in [5.41, 5.74) is 1.54. The number of aromatic amines is 1. The lowest BCUT2D eigenvalue weighted by atomic mass is 10.0. The van der Waals surface area contributed by atoms with Gasteiger partial charge in [0.1, 0.15) is 6.04 Å². The van der Waals surface area contributed by atoms with Crippen molar-refractivity contribution in [1.82, 2.24) is 14.9 Å². The number of carbonyl (C=O) groups is 2. The van der Waals surface area contributed by atoms with Crippen LogP contribution in [-0.4, -0.2) is 43.6 Å². The second kappa shape index (κ2) is 6.23. The van der Waals surface area contributed by atoms with Crippen LogP contribution >= 0.6 is 11.8 Å². The standard InChI is InChI=1S/C15H15N3O3S/c19-14(8-22-10-4-2-1-3-5-10)18-7-12-11(16-9-17-12)6-13(18)15(20)21/h1-5,9,13H,6-8H2,(H,16,17)(H,20,21)/t13-/m1/s1. The van der Waals surface area contributed by atoms with E-state index in [2.05, 4.69) is 9.97 Å². The fourth-order valence-corrected chi connectivity index (χ4v) is 3.27. The lowest BCUT2D eigenvalue weighted by Crippen LogP contribution is -2.49. The Morgan fingerprint density at radius 3 is 2.86 bits per heavy atom. The van der Waals surface area contributed by atoms with Gasteiger partial charge in [-0.2, -0.15) is 0 Å². The molecule has 22 heavy (non-hydrogen) atoms. The zero-order valence-corrected chi connectivity index (χ0v) is 12.5. The quantitative estimate of drug-likeness (QED) is 0.835. The Balaban J connectivity index is 1.71. The first-order chi connectivity index (χ1) is 10.6. The van der Waals surface area contributed by atoms with E-state index in [1.165, 1.54) is 23.0 Å². The SMILES string of the molecule is O=C(O)[C@H]1Cc2nc[nH]c2CN1C(=O)CSc1ccccc1. The van der Waals surface area contributed by atoms with E-state index < -0.39 is 12.0 Å². The molecule has 0 saturated heterocycles. The number of thioether (sulfide) groups is 1. The maximum Gasteiger partial charge on any atom is 0.326 e. The first-order valence-electron chi connectivity index (χ1n) is 6.86. The van der Waals surface area contributed by atoms with Crippen LogP contribution in [0.25, 0.3) is 0 Å². The number of carboxylic acids is 1. The molecular formula is C15H15N3O3S. The van der Waals surface area contributed by atoms with E-state index in [1.54, 1.807) is 0 Å². The number of nitrogens with zero attached hydrogens (tertiary/aromatic N) is 2. The van der Waals surface area contributed by atoms with Crippen LogP contribution in [0.2, 0.25) is 0 Å².